The molecule has 0 aliphatic rings. The van der Waals surface area contributed by atoms with Crippen LogP contribution in [-0.4, -0.2) is 36.2 Å². The molecule has 0 aliphatic carbocycles. The van der Waals surface area contributed by atoms with E-state index in [9.17, 15) is 4.79 Å². The van der Waals surface area contributed by atoms with Crippen molar-refractivity contribution in [2.24, 2.45) is 0 Å². The van der Waals surface area contributed by atoms with Crippen molar-refractivity contribution in [1.82, 2.24) is 24.6 Å². The van der Waals surface area contributed by atoms with Gasteiger partial charge in [-0.2, -0.15) is 0 Å². The maximum atomic E-state index is 12.3. The highest BCUT2D eigenvalue weighted by atomic mass is 32.2. The molecule has 5 aromatic rings. The molecule has 0 atom stereocenters. The summed E-state index contributed by atoms with van der Waals surface area (Å²) in [6.45, 7) is 0. The largest absolute Gasteiger partial charge is 0.301 e. The Bertz CT molecular complexity index is 1300. The second-order valence-electron chi connectivity index (χ2n) is 6.13. The normalized spacial score (nSPS) is 11.2. The molecule has 3 heterocycles. The van der Waals surface area contributed by atoms with Gasteiger partial charge in [0, 0.05) is 22.5 Å². The number of nitrogens with zero attached hydrogens (tertiary/aromatic N) is 5. The molecule has 9 heteroatoms. The summed E-state index contributed by atoms with van der Waals surface area (Å²) in [4.78, 5) is 21.2. The van der Waals surface area contributed by atoms with E-state index in [0.717, 1.165) is 27.9 Å². The molecular weight excluding hydrogens is 404 g/mol. The monoisotopic (exact) mass is 418 g/mol. The van der Waals surface area contributed by atoms with E-state index >= 15 is 0 Å². The topological polar surface area (TPSA) is 85.1 Å². The van der Waals surface area contributed by atoms with Crippen molar-refractivity contribution in [3.05, 3.63) is 66.2 Å². The molecule has 5 rings (SSSR count). The maximum absolute atomic E-state index is 12.3. The summed E-state index contributed by atoms with van der Waals surface area (Å²) in [5.41, 5.74) is 2.53. The van der Waals surface area contributed by atoms with Gasteiger partial charge in [-0.25, -0.2) is 9.97 Å². The first-order chi connectivity index (χ1) is 14.3. The number of hydrogen-bond acceptors (Lipinski definition) is 7. The summed E-state index contributed by atoms with van der Waals surface area (Å²) < 4.78 is 1.92. The van der Waals surface area contributed by atoms with Crippen molar-refractivity contribution in [3.8, 4) is 11.4 Å². The number of benzene rings is 2. The number of aromatic nitrogens is 5. The average molecular weight is 419 g/mol. The van der Waals surface area contributed by atoms with Crippen molar-refractivity contribution in [2.45, 2.75) is 5.16 Å². The molecule has 0 saturated heterocycles. The molecule has 0 saturated carbocycles. The maximum Gasteiger partial charge on any atom is 0.236 e. The minimum Gasteiger partial charge on any atom is -0.301 e. The minimum atomic E-state index is -0.142. The Morgan fingerprint density at radius 2 is 1.90 bits per heavy atom. The Morgan fingerprint density at radius 1 is 1.07 bits per heavy atom. The summed E-state index contributed by atoms with van der Waals surface area (Å²) in [6, 6.07) is 17.8. The van der Waals surface area contributed by atoms with Gasteiger partial charge in [-0.05, 0) is 12.1 Å². The van der Waals surface area contributed by atoms with Crippen LogP contribution >= 0.6 is 23.1 Å². The Balaban J connectivity index is 1.56. The summed E-state index contributed by atoms with van der Waals surface area (Å²) in [7, 11) is 0. The lowest BCUT2D eigenvalue weighted by Gasteiger charge is -2.09. The fourth-order valence-electron chi connectivity index (χ4n) is 3.00. The molecule has 0 spiro atoms. The van der Waals surface area contributed by atoms with Gasteiger partial charge in [0.15, 0.2) is 15.9 Å². The minimum absolute atomic E-state index is 0.142. The Kier molecular flexibility index (Phi) is 4.66. The zero-order valence-corrected chi connectivity index (χ0v) is 16.7. The van der Waals surface area contributed by atoms with Gasteiger partial charge in [-0.1, -0.05) is 54.2 Å². The van der Waals surface area contributed by atoms with Gasteiger partial charge in [-0.15, -0.1) is 21.5 Å². The van der Waals surface area contributed by atoms with E-state index in [1.807, 2.05) is 64.4 Å². The van der Waals surface area contributed by atoms with E-state index in [1.165, 1.54) is 23.1 Å². The predicted octanol–water partition coefficient (Wildman–Crippen LogP) is 4.13. The fourth-order valence-corrected chi connectivity index (χ4v) is 4.28. The van der Waals surface area contributed by atoms with Crippen LogP contribution in [0.5, 0.6) is 0 Å². The molecule has 1 N–H and O–H groups in total. The molecule has 29 heavy (non-hydrogen) atoms. The van der Waals surface area contributed by atoms with Crippen LogP contribution in [-0.2, 0) is 4.79 Å². The summed E-state index contributed by atoms with van der Waals surface area (Å²) in [5.74, 6) is 0.797. The van der Waals surface area contributed by atoms with E-state index < -0.39 is 0 Å². The van der Waals surface area contributed by atoms with E-state index in [0.29, 0.717) is 10.3 Å². The van der Waals surface area contributed by atoms with Crippen LogP contribution in [0.25, 0.3) is 27.9 Å². The third-order valence-electron chi connectivity index (χ3n) is 4.26. The molecule has 7 nitrogen and oxygen atoms in total. The van der Waals surface area contributed by atoms with E-state index in [4.69, 9.17) is 4.98 Å². The van der Waals surface area contributed by atoms with Crippen LogP contribution in [0.15, 0.2) is 71.3 Å². The molecule has 0 fully saturated rings. The smallest absolute Gasteiger partial charge is 0.236 e. The molecule has 0 unspecified atom stereocenters. The molecule has 3 aromatic heterocycles. The number of carbonyl (C=O) groups excluding carboxylic acids is 1. The Morgan fingerprint density at radius 3 is 2.72 bits per heavy atom. The first kappa shape index (κ1) is 17.8. The third kappa shape index (κ3) is 3.45. The average Bonchev–Trinajstić information content (AvgIpc) is 3.42. The lowest BCUT2D eigenvalue weighted by molar-refractivity contribution is -0.113. The van der Waals surface area contributed by atoms with Gasteiger partial charge in [0.2, 0.25) is 5.91 Å². The second kappa shape index (κ2) is 7.61. The van der Waals surface area contributed by atoms with Crippen LogP contribution < -0.4 is 5.32 Å². The quantitative estimate of drug-likeness (QED) is 0.432. The summed E-state index contributed by atoms with van der Waals surface area (Å²) in [5, 5.41) is 15.5. The van der Waals surface area contributed by atoms with Crippen LogP contribution in [0.1, 0.15) is 0 Å². The number of thiazole rings is 1. The fraction of sp³-hybridized carbons (Fsp3) is 0.0500. The third-order valence-corrected chi connectivity index (χ3v) is 5.88. The number of para-hydroxylation sites is 1. The van der Waals surface area contributed by atoms with Crippen LogP contribution in [0, 0.1) is 0 Å². The Labute approximate surface area is 173 Å². The van der Waals surface area contributed by atoms with Gasteiger partial charge >= 0.3 is 0 Å². The summed E-state index contributed by atoms with van der Waals surface area (Å²) >= 11 is 2.70. The van der Waals surface area contributed by atoms with Crippen molar-refractivity contribution in [2.75, 3.05) is 11.1 Å². The number of rotatable bonds is 5. The standard InChI is InChI=1S/C20H14N6OS2/c27-16(23-19-21-10-11-28-19)12-29-20-25-24-18-14-8-4-5-9-15(14)22-17(26(18)20)13-6-2-1-3-7-13/h1-11H,12H2,(H,21,23,27). The second-order valence-corrected chi connectivity index (χ2v) is 7.97. The number of fused-ring (bicyclic) bond motifs is 3. The molecule has 2 aromatic carbocycles. The molecule has 0 bridgehead atoms. The van der Waals surface area contributed by atoms with E-state index in [2.05, 4.69) is 20.5 Å². The lowest BCUT2D eigenvalue weighted by Crippen LogP contribution is -2.14. The van der Waals surface area contributed by atoms with Crippen molar-refractivity contribution in [1.29, 1.82) is 0 Å². The summed E-state index contributed by atoms with van der Waals surface area (Å²) in [6.07, 6.45) is 1.66. The van der Waals surface area contributed by atoms with Crippen molar-refractivity contribution < 1.29 is 4.79 Å². The number of thioether (sulfide) groups is 1. The van der Waals surface area contributed by atoms with Gasteiger partial charge in [0.1, 0.15) is 5.82 Å². The number of carbonyl (C=O) groups is 1. The molecule has 0 radical (unpaired) electrons. The number of nitrogens with one attached hydrogen (secondary N) is 1. The lowest BCUT2D eigenvalue weighted by atomic mass is 10.2. The van der Waals surface area contributed by atoms with Crippen molar-refractivity contribution in [3.63, 3.8) is 0 Å². The van der Waals surface area contributed by atoms with Gasteiger partial charge < -0.3 is 5.32 Å². The molecule has 142 valence electrons. The van der Waals surface area contributed by atoms with Crippen LogP contribution in [0.4, 0.5) is 5.13 Å². The predicted molar refractivity (Wildman–Crippen MR) is 115 cm³/mol. The first-order valence-corrected chi connectivity index (χ1v) is 10.7. The van der Waals surface area contributed by atoms with E-state index in [-0.39, 0.29) is 11.7 Å². The number of hydrogen-bond donors (Lipinski definition) is 1. The highest BCUT2D eigenvalue weighted by Crippen LogP contribution is 2.29. The molecule has 0 aliphatic heterocycles. The zero-order valence-electron chi connectivity index (χ0n) is 15.0. The highest BCUT2D eigenvalue weighted by molar-refractivity contribution is 7.99. The van der Waals surface area contributed by atoms with E-state index in [1.54, 1.807) is 6.20 Å². The first-order valence-electron chi connectivity index (χ1n) is 8.81. The van der Waals surface area contributed by atoms with Crippen LogP contribution in [0.2, 0.25) is 0 Å². The molecular formula is C20H14N6OS2. The Hall–Kier alpha value is -3.30. The molecule has 1 amide bonds. The number of amides is 1. The van der Waals surface area contributed by atoms with Gasteiger partial charge in [0.05, 0.1) is 11.3 Å². The zero-order chi connectivity index (χ0) is 19.6. The van der Waals surface area contributed by atoms with Gasteiger partial charge in [-0.3, -0.25) is 9.20 Å². The highest BCUT2D eigenvalue weighted by Gasteiger charge is 2.17. The van der Waals surface area contributed by atoms with Crippen LogP contribution in [0.3, 0.4) is 0 Å². The number of anilines is 1. The van der Waals surface area contributed by atoms with Crippen molar-refractivity contribution >= 4 is 50.7 Å². The SMILES string of the molecule is O=C(CSc1nnc2c3ccccc3nc(-c3ccccc3)n12)Nc1nccs1. The van der Waals surface area contributed by atoms with Gasteiger partial charge in [0.25, 0.3) is 0 Å².